The number of thiazole rings is 2. The Bertz CT molecular complexity index is 3260. The van der Waals surface area contributed by atoms with Gasteiger partial charge in [-0.1, -0.05) is 49.9 Å². The van der Waals surface area contributed by atoms with Crippen LogP contribution in [0.25, 0.3) is 10.4 Å². The van der Waals surface area contributed by atoms with Crippen LogP contribution in [0.2, 0.25) is 0 Å². The van der Waals surface area contributed by atoms with E-state index in [1.807, 2.05) is 36.5 Å². The number of rotatable bonds is 15. The molecule has 2 aliphatic heterocycles. The minimum Gasteiger partial charge on any atom is -0.441 e. The Hall–Kier alpha value is -5.30. The molecule has 466 valence electrons. The van der Waals surface area contributed by atoms with Gasteiger partial charge < -0.3 is 45.5 Å². The highest BCUT2D eigenvalue weighted by atomic mass is 79.9. The number of benzene rings is 3. The third-order valence-corrected chi connectivity index (χ3v) is 20.3. The standard InChI is InChI=1S/C31H39N5O6S2.C13H17BrN2O3S.C12H18BrN3O3S.CH4/c1-31(2,3)36-44(39,40)27-15-23(34-29(37)33-16-20-7-5-4-6-8-20)13-14-25(27)26-17-32-28(43-26)21-9-11-22(12-10-21)35-30(38)42-24-18-41-19-24;14-11-5-15-12(20-11)8-1-3-9(4-2-8)16-13(17)19-10-6-18-7-10;1-8-5-6-9(14-11(17)15-13)7-10(8)20(18,19)16-12(2,3)4;/h4-8,13-15,17,21-22,24,36H,9-12,16,18-19H2,1-3H3,(H,35,38)(H2,33,34,37);5,8-10H,1-4,6-7H2,(H,16,17);5-7,16H,1-4H3,(H2,14,15,17);1H4. The maximum atomic E-state index is 13.6. The predicted molar refractivity (Wildman–Crippen MR) is 337 cm³/mol. The van der Waals surface area contributed by atoms with Crippen LogP contribution in [0.5, 0.6) is 0 Å². The molecule has 0 unspecified atom stereocenters. The van der Waals surface area contributed by atoms with Gasteiger partial charge in [-0.2, -0.15) is 0 Å². The van der Waals surface area contributed by atoms with Gasteiger partial charge in [-0.25, -0.2) is 55.4 Å². The average molecular weight is 1380 g/mol. The van der Waals surface area contributed by atoms with E-state index in [0.29, 0.717) is 61.4 Å². The first-order valence-corrected chi connectivity index (χ1v) is 33.7. The summed E-state index contributed by atoms with van der Waals surface area (Å²) < 4.78 is 81.0. The number of urea groups is 2. The number of hydrogen-bond acceptors (Lipinski definition) is 16. The van der Waals surface area contributed by atoms with E-state index in [0.717, 1.165) is 70.6 Å². The van der Waals surface area contributed by atoms with E-state index >= 15 is 0 Å². The summed E-state index contributed by atoms with van der Waals surface area (Å²) in [5.74, 6) is 0.741. The number of nitrogens with zero attached hydrogens (tertiary/aromatic N) is 2. The van der Waals surface area contributed by atoms with Crippen molar-refractivity contribution in [3.05, 3.63) is 104 Å². The van der Waals surface area contributed by atoms with E-state index < -0.39 is 49.3 Å². The van der Waals surface area contributed by atoms with Crippen LogP contribution in [0.4, 0.5) is 30.6 Å². The fourth-order valence-electron chi connectivity index (χ4n) is 9.31. The summed E-state index contributed by atoms with van der Waals surface area (Å²) in [6, 6.07) is 18.4. The lowest BCUT2D eigenvalue weighted by molar-refractivity contribution is -0.0985. The molecule has 9 rings (SSSR count). The van der Waals surface area contributed by atoms with Gasteiger partial charge in [-0.3, -0.25) is 4.34 Å². The highest BCUT2D eigenvalue weighted by molar-refractivity contribution is 9.11. The Morgan fingerprint density at radius 2 is 1.11 bits per heavy atom. The molecule has 4 fully saturated rings. The second kappa shape index (κ2) is 31.1. The second-order valence-corrected chi connectivity index (χ2v) is 30.0. The van der Waals surface area contributed by atoms with Crippen LogP contribution in [-0.2, 0) is 45.5 Å². The zero-order valence-electron chi connectivity index (χ0n) is 47.8. The Morgan fingerprint density at radius 3 is 1.58 bits per heavy atom. The maximum Gasteiger partial charge on any atom is 0.407 e. The number of aromatic nitrogens is 2. The summed E-state index contributed by atoms with van der Waals surface area (Å²) in [6.07, 6.45) is 10.1. The van der Waals surface area contributed by atoms with Gasteiger partial charge in [-0.15, -0.1) is 22.7 Å². The molecule has 2 aromatic heterocycles. The van der Waals surface area contributed by atoms with Gasteiger partial charge in [0.2, 0.25) is 20.0 Å². The average Bonchev–Trinajstić information content (AvgIpc) is 2.64. The maximum absolute atomic E-state index is 13.6. The Kier molecular flexibility index (Phi) is 25.1. The molecule has 8 N–H and O–H groups in total. The second-order valence-electron chi connectivity index (χ2n) is 22.8. The van der Waals surface area contributed by atoms with E-state index in [1.54, 1.807) is 90.3 Å². The SMILES string of the molecule is C.CC(C)(C)NS(=O)(=O)c1cc(NC(=O)NCc2ccccc2)ccc1-c1cnc(C2CCC(NC(=O)OC3COC3)CC2)s1.Cc1ccc(NC(=O)NBr)cc1S(=O)(=O)NC(C)(C)C.O=C(NC1CCC(c2ncc(Br)s2)CC1)OC1COC1. The fraction of sp³-hybridized carbons (Fsp3) is 0.509. The molecular formula is C57H78Br2N10O12S4. The van der Waals surface area contributed by atoms with Crippen LogP contribution in [0.3, 0.4) is 0 Å². The summed E-state index contributed by atoms with van der Waals surface area (Å²) in [5.41, 5.74) is 1.51. The third kappa shape index (κ3) is 21.8. The number of aryl methyl sites for hydroxylation is 1. The Morgan fingerprint density at radius 1 is 0.635 bits per heavy atom. The van der Waals surface area contributed by atoms with E-state index in [9.17, 15) is 36.0 Å². The van der Waals surface area contributed by atoms with Crippen LogP contribution >= 0.6 is 54.8 Å². The number of sulfonamides is 2. The van der Waals surface area contributed by atoms with Gasteiger partial charge in [0, 0.05) is 64.7 Å². The number of halogens is 2. The van der Waals surface area contributed by atoms with Crippen molar-refractivity contribution < 1.29 is 55.0 Å². The topological polar surface area (TPSA) is 296 Å². The number of hydrogen-bond donors (Lipinski definition) is 8. The minimum atomic E-state index is -3.95. The van der Waals surface area contributed by atoms with Gasteiger partial charge >= 0.3 is 24.2 Å². The van der Waals surface area contributed by atoms with E-state index in [1.165, 1.54) is 28.5 Å². The minimum absolute atomic E-state index is 0. The number of anilines is 2. The van der Waals surface area contributed by atoms with Crippen molar-refractivity contribution >= 4 is 110 Å². The predicted octanol–water partition coefficient (Wildman–Crippen LogP) is 11.6. The van der Waals surface area contributed by atoms with E-state index in [-0.39, 0.29) is 53.5 Å². The molecule has 5 aromatic rings. The molecular weight excluding hydrogens is 1300 g/mol. The Labute approximate surface area is 523 Å². The van der Waals surface area contributed by atoms with Crippen LogP contribution in [0, 0.1) is 6.92 Å². The lowest BCUT2D eigenvalue weighted by Crippen LogP contribution is -2.44. The van der Waals surface area contributed by atoms with Crippen molar-refractivity contribution in [2.75, 3.05) is 37.1 Å². The smallest absolute Gasteiger partial charge is 0.407 e. The Balaban J connectivity index is 0.000000234. The van der Waals surface area contributed by atoms with Crippen LogP contribution in [0.15, 0.2) is 92.7 Å². The molecule has 0 bridgehead atoms. The molecule has 2 aliphatic carbocycles. The van der Waals surface area contributed by atoms with Crippen molar-refractivity contribution in [2.24, 2.45) is 0 Å². The van der Waals surface area contributed by atoms with Gasteiger partial charge in [0.1, 0.15) is 0 Å². The van der Waals surface area contributed by atoms with Crippen molar-refractivity contribution in [3.8, 4) is 10.4 Å². The van der Waals surface area contributed by atoms with Crippen molar-refractivity contribution in [3.63, 3.8) is 0 Å². The molecule has 0 spiro atoms. The summed E-state index contributed by atoms with van der Waals surface area (Å²) in [6.45, 7) is 14.6. The molecule has 0 atom stereocenters. The van der Waals surface area contributed by atoms with Crippen molar-refractivity contribution in [1.29, 1.82) is 0 Å². The van der Waals surface area contributed by atoms with Gasteiger partial charge in [-0.05, 0) is 151 Å². The first kappa shape index (κ1) is 68.8. The molecule has 4 heterocycles. The molecule has 22 nitrogen and oxygen atoms in total. The van der Waals surface area contributed by atoms with Crippen molar-refractivity contribution in [2.45, 2.75) is 171 Å². The largest absolute Gasteiger partial charge is 0.441 e. The summed E-state index contributed by atoms with van der Waals surface area (Å²) in [4.78, 5) is 57.7. The summed E-state index contributed by atoms with van der Waals surface area (Å²) in [5, 5.41) is 16.1. The first-order chi connectivity index (χ1) is 39.7. The molecule has 2 saturated heterocycles. The fourth-order valence-corrected chi connectivity index (χ4v) is 15.4. The number of alkyl carbamates (subject to hydrolysis) is 2. The lowest BCUT2D eigenvalue weighted by atomic mass is 9.86. The quantitative estimate of drug-likeness (QED) is 0.0452. The van der Waals surface area contributed by atoms with Gasteiger partial charge in [0.15, 0.2) is 12.2 Å². The zero-order chi connectivity index (χ0) is 60.8. The molecule has 2 saturated carbocycles. The number of carbonyl (C=O) groups excluding carboxylic acids is 4. The highest BCUT2D eigenvalue weighted by Gasteiger charge is 2.32. The number of amides is 6. The van der Waals surface area contributed by atoms with E-state index in [2.05, 4.69) is 82.4 Å². The van der Waals surface area contributed by atoms with E-state index in [4.69, 9.17) is 18.9 Å². The third-order valence-electron chi connectivity index (χ3n) is 13.4. The normalized spacial score (nSPS) is 19.0. The molecule has 6 amide bonds. The highest BCUT2D eigenvalue weighted by Crippen LogP contribution is 2.41. The summed E-state index contributed by atoms with van der Waals surface area (Å²) in [7, 11) is -7.60. The molecule has 28 heteroatoms. The number of ether oxygens (including phenoxy) is 4. The van der Waals surface area contributed by atoms with Gasteiger partial charge in [0.25, 0.3) is 0 Å². The first-order valence-electron chi connectivity index (χ1n) is 27.5. The number of nitrogens with one attached hydrogen (secondary N) is 8. The molecule has 4 aliphatic rings. The van der Waals surface area contributed by atoms with Crippen LogP contribution < -0.4 is 40.4 Å². The monoisotopic (exact) mass is 1380 g/mol. The lowest BCUT2D eigenvalue weighted by Gasteiger charge is -2.30. The van der Waals surface area contributed by atoms with Crippen molar-refractivity contribution in [1.82, 2.24) is 39.7 Å². The molecule has 0 radical (unpaired) electrons. The zero-order valence-corrected chi connectivity index (χ0v) is 54.3. The summed E-state index contributed by atoms with van der Waals surface area (Å²) >= 11 is 9.42. The van der Waals surface area contributed by atoms with Gasteiger partial charge in [0.05, 0.1) is 77.2 Å². The molecule has 3 aromatic carbocycles. The van der Waals surface area contributed by atoms with Crippen LogP contribution in [0.1, 0.15) is 133 Å². The van der Waals surface area contributed by atoms with Crippen LogP contribution in [-0.4, -0.2) is 113 Å². The number of carbonyl (C=O) groups is 4. The molecule has 85 heavy (non-hydrogen) atoms.